The van der Waals surface area contributed by atoms with Gasteiger partial charge in [0.15, 0.2) is 0 Å². The van der Waals surface area contributed by atoms with Crippen LogP contribution in [0, 0.1) is 11.6 Å². The van der Waals surface area contributed by atoms with Gasteiger partial charge in [0.05, 0.1) is 6.10 Å². The highest BCUT2D eigenvalue weighted by molar-refractivity contribution is 5.20. The molecular formula is C9H10F2O. The van der Waals surface area contributed by atoms with Gasteiger partial charge in [0.2, 0.25) is 0 Å². The van der Waals surface area contributed by atoms with Gasteiger partial charge in [-0.2, -0.15) is 0 Å². The highest BCUT2D eigenvalue weighted by atomic mass is 19.1. The van der Waals surface area contributed by atoms with Gasteiger partial charge in [-0.1, -0.05) is 6.07 Å². The van der Waals surface area contributed by atoms with Crippen LogP contribution in [0.3, 0.4) is 0 Å². The van der Waals surface area contributed by atoms with Crippen LogP contribution in [-0.2, 0) is 6.42 Å². The standard InChI is InChI=1S/C9H10F2O/c1-6(12)5-7-8(10)3-2-4-9(7)11/h2-4,6,12H,5H2,1H3. The molecule has 0 saturated carbocycles. The Morgan fingerprint density at radius 3 is 2.25 bits per heavy atom. The van der Waals surface area contributed by atoms with E-state index in [4.69, 9.17) is 5.11 Å². The van der Waals surface area contributed by atoms with Crippen molar-refractivity contribution in [2.24, 2.45) is 0 Å². The van der Waals surface area contributed by atoms with Crippen LogP contribution in [0.4, 0.5) is 8.78 Å². The average Bonchev–Trinajstić information content (AvgIpc) is 1.97. The van der Waals surface area contributed by atoms with E-state index in [1.165, 1.54) is 25.1 Å². The molecule has 1 N–H and O–H groups in total. The molecule has 0 aliphatic carbocycles. The minimum absolute atomic E-state index is 0.0124. The minimum Gasteiger partial charge on any atom is -0.393 e. The molecule has 1 atom stereocenters. The first kappa shape index (κ1) is 9.13. The first-order chi connectivity index (χ1) is 5.61. The third kappa shape index (κ3) is 2.01. The quantitative estimate of drug-likeness (QED) is 0.722. The molecule has 1 nitrogen and oxygen atoms in total. The van der Waals surface area contributed by atoms with Gasteiger partial charge in [0, 0.05) is 12.0 Å². The summed E-state index contributed by atoms with van der Waals surface area (Å²) in [5.74, 6) is -1.20. The molecule has 3 heteroatoms. The van der Waals surface area contributed by atoms with Crippen molar-refractivity contribution in [2.45, 2.75) is 19.4 Å². The minimum atomic E-state index is -0.726. The molecule has 1 rings (SSSR count). The molecule has 0 spiro atoms. The van der Waals surface area contributed by atoms with Gasteiger partial charge in [-0.25, -0.2) is 8.78 Å². The molecule has 0 amide bonds. The van der Waals surface area contributed by atoms with Crippen LogP contribution in [0.2, 0.25) is 0 Å². The van der Waals surface area contributed by atoms with Gasteiger partial charge in [-0.3, -0.25) is 0 Å². The third-order valence-electron chi connectivity index (χ3n) is 1.56. The van der Waals surface area contributed by atoms with E-state index in [-0.39, 0.29) is 12.0 Å². The molecule has 1 unspecified atom stereocenters. The van der Waals surface area contributed by atoms with E-state index in [0.29, 0.717) is 0 Å². The molecule has 66 valence electrons. The van der Waals surface area contributed by atoms with Crippen molar-refractivity contribution in [2.75, 3.05) is 0 Å². The summed E-state index contributed by atoms with van der Waals surface area (Å²) in [4.78, 5) is 0. The molecule has 0 aliphatic rings. The van der Waals surface area contributed by atoms with Crippen LogP contribution in [0.5, 0.6) is 0 Å². The van der Waals surface area contributed by atoms with Crippen molar-refractivity contribution >= 4 is 0 Å². The predicted molar refractivity (Wildman–Crippen MR) is 41.7 cm³/mol. The van der Waals surface area contributed by atoms with Crippen molar-refractivity contribution in [3.8, 4) is 0 Å². The Balaban J connectivity index is 2.96. The number of rotatable bonds is 2. The van der Waals surface area contributed by atoms with Gasteiger partial charge in [-0.15, -0.1) is 0 Å². The highest BCUT2D eigenvalue weighted by Crippen LogP contribution is 2.13. The van der Waals surface area contributed by atoms with E-state index in [2.05, 4.69) is 0 Å². The van der Waals surface area contributed by atoms with Gasteiger partial charge in [0.1, 0.15) is 11.6 Å². The maximum Gasteiger partial charge on any atom is 0.129 e. The molecule has 1 aromatic rings. The van der Waals surface area contributed by atoms with Crippen LogP contribution in [0.1, 0.15) is 12.5 Å². The number of hydrogen-bond acceptors (Lipinski definition) is 1. The molecule has 0 aromatic heterocycles. The summed E-state index contributed by atoms with van der Waals surface area (Å²) in [7, 11) is 0. The zero-order valence-corrected chi connectivity index (χ0v) is 6.72. The van der Waals surface area contributed by atoms with Gasteiger partial charge in [0.25, 0.3) is 0 Å². The Morgan fingerprint density at radius 2 is 1.83 bits per heavy atom. The van der Waals surface area contributed by atoms with Crippen molar-refractivity contribution in [1.29, 1.82) is 0 Å². The summed E-state index contributed by atoms with van der Waals surface area (Å²) >= 11 is 0. The summed E-state index contributed by atoms with van der Waals surface area (Å²) < 4.78 is 25.7. The normalized spacial score (nSPS) is 13.0. The summed E-state index contributed by atoms with van der Waals surface area (Å²) in [5, 5.41) is 8.92. The number of aliphatic hydroxyl groups excluding tert-OH is 1. The fourth-order valence-corrected chi connectivity index (χ4v) is 1.02. The number of benzene rings is 1. The first-order valence-corrected chi connectivity index (χ1v) is 3.72. The second-order valence-corrected chi connectivity index (χ2v) is 2.75. The van der Waals surface area contributed by atoms with Gasteiger partial charge < -0.3 is 5.11 Å². The van der Waals surface area contributed by atoms with Crippen molar-refractivity contribution < 1.29 is 13.9 Å². The van der Waals surface area contributed by atoms with Crippen molar-refractivity contribution in [3.05, 3.63) is 35.4 Å². The summed E-state index contributed by atoms with van der Waals surface area (Å²) in [6, 6.07) is 3.66. The number of hydrogen-bond donors (Lipinski definition) is 1. The lowest BCUT2D eigenvalue weighted by Crippen LogP contribution is -2.07. The average molecular weight is 172 g/mol. The SMILES string of the molecule is CC(O)Cc1c(F)cccc1F. The summed E-state index contributed by atoms with van der Waals surface area (Å²) in [5.41, 5.74) is -0.0486. The molecule has 1 aromatic carbocycles. The molecule has 0 saturated heterocycles. The van der Waals surface area contributed by atoms with Crippen LogP contribution < -0.4 is 0 Å². The maximum atomic E-state index is 12.9. The van der Waals surface area contributed by atoms with E-state index in [0.717, 1.165) is 0 Å². The lowest BCUT2D eigenvalue weighted by Gasteiger charge is -2.06. The molecule has 0 heterocycles. The Hall–Kier alpha value is -0.960. The molecule has 0 bridgehead atoms. The number of halogens is 2. The van der Waals surface area contributed by atoms with Crippen LogP contribution >= 0.6 is 0 Å². The molecular weight excluding hydrogens is 162 g/mol. The summed E-state index contributed by atoms with van der Waals surface area (Å²) in [6.45, 7) is 1.49. The monoisotopic (exact) mass is 172 g/mol. The Morgan fingerprint density at radius 1 is 1.33 bits per heavy atom. The maximum absolute atomic E-state index is 12.9. The fraction of sp³-hybridized carbons (Fsp3) is 0.333. The Bertz CT molecular complexity index is 251. The molecule has 0 radical (unpaired) electrons. The van der Waals surface area contributed by atoms with Crippen LogP contribution in [0.15, 0.2) is 18.2 Å². The first-order valence-electron chi connectivity index (χ1n) is 3.72. The Labute approximate surface area is 69.7 Å². The van der Waals surface area contributed by atoms with Crippen molar-refractivity contribution in [3.63, 3.8) is 0 Å². The Kier molecular flexibility index (Phi) is 2.76. The van der Waals surface area contributed by atoms with E-state index in [9.17, 15) is 8.78 Å². The molecule has 12 heavy (non-hydrogen) atoms. The van der Waals surface area contributed by atoms with Gasteiger partial charge >= 0.3 is 0 Å². The lowest BCUT2D eigenvalue weighted by molar-refractivity contribution is 0.192. The fourth-order valence-electron chi connectivity index (χ4n) is 1.02. The van der Waals surface area contributed by atoms with Crippen molar-refractivity contribution in [1.82, 2.24) is 0 Å². The van der Waals surface area contributed by atoms with Gasteiger partial charge in [-0.05, 0) is 19.1 Å². The van der Waals surface area contributed by atoms with E-state index < -0.39 is 17.7 Å². The topological polar surface area (TPSA) is 20.2 Å². The zero-order chi connectivity index (χ0) is 9.14. The smallest absolute Gasteiger partial charge is 0.129 e. The highest BCUT2D eigenvalue weighted by Gasteiger charge is 2.09. The van der Waals surface area contributed by atoms with Crippen LogP contribution in [-0.4, -0.2) is 11.2 Å². The molecule has 0 fully saturated rings. The lowest BCUT2D eigenvalue weighted by atomic mass is 10.1. The summed E-state index contributed by atoms with van der Waals surface area (Å²) in [6.07, 6.45) is -0.713. The largest absolute Gasteiger partial charge is 0.393 e. The van der Waals surface area contributed by atoms with E-state index >= 15 is 0 Å². The van der Waals surface area contributed by atoms with E-state index in [1.807, 2.05) is 0 Å². The molecule has 0 aliphatic heterocycles. The number of aliphatic hydroxyl groups is 1. The third-order valence-corrected chi connectivity index (χ3v) is 1.56. The van der Waals surface area contributed by atoms with Crippen LogP contribution in [0.25, 0.3) is 0 Å². The zero-order valence-electron chi connectivity index (χ0n) is 6.72. The predicted octanol–water partition coefficient (Wildman–Crippen LogP) is 1.89. The second kappa shape index (κ2) is 3.63. The second-order valence-electron chi connectivity index (χ2n) is 2.75. The van der Waals surface area contributed by atoms with E-state index in [1.54, 1.807) is 0 Å².